The van der Waals surface area contributed by atoms with Crippen molar-refractivity contribution in [2.24, 2.45) is 11.8 Å². The van der Waals surface area contributed by atoms with Gasteiger partial charge in [0.05, 0.1) is 25.6 Å². The second kappa shape index (κ2) is 10.9. The number of ether oxygens (including phenoxy) is 1. The number of hydrogen-bond donors (Lipinski definition) is 2. The average molecular weight is 536 g/mol. The summed E-state index contributed by atoms with van der Waals surface area (Å²) < 4.78 is 34.0. The second-order valence-electron chi connectivity index (χ2n) is 9.69. The van der Waals surface area contributed by atoms with Gasteiger partial charge in [-0.15, -0.1) is 11.3 Å². The molecule has 0 spiro atoms. The standard InChI is InChI=1S/C25H33N3O6S2/c1-16-13-28(17(2)15-29)23(30)12-19-11-20(26-25(31)18-6-7-18)8-9-21(19)34-22(16)14-27(3)36(32,33)24-5-4-10-35-24/h4-5,8-11,16-18,22,29H,6-7,12-15H2,1-3H3,(H,26,31)/t16-,17-,22+/m0/s1. The molecule has 0 saturated heterocycles. The summed E-state index contributed by atoms with van der Waals surface area (Å²) in [5.74, 6) is 0.0843. The SMILES string of the molecule is C[C@H]1CN([C@@H](C)CO)C(=O)Cc2cc(NC(=O)C3CC3)ccc2O[C@@H]1CN(C)S(=O)(=O)c1cccs1. The maximum Gasteiger partial charge on any atom is 0.252 e. The van der Waals surface area contributed by atoms with Crippen LogP contribution in [0.3, 0.4) is 0 Å². The van der Waals surface area contributed by atoms with Gasteiger partial charge in [-0.25, -0.2) is 8.42 Å². The third-order valence-electron chi connectivity index (χ3n) is 6.73. The van der Waals surface area contributed by atoms with E-state index in [1.165, 1.54) is 11.4 Å². The Balaban J connectivity index is 1.64. The number of nitrogens with one attached hydrogen (secondary N) is 1. The van der Waals surface area contributed by atoms with E-state index in [-0.39, 0.29) is 47.4 Å². The molecule has 0 bridgehead atoms. The zero-order chi connectivity index (χ0) is 26.0. The van der Waals surface area contributed by atoms with Gasteiger partial charge in [-0.05, 0) is 49.4 Å². The summed E-state index contributed by atoms with van der Waals surface area (Å²) in [5, 5.41) is 14.4. The topological polar surface area (TPSA) is 116 Å². The van der Waals surface area contributed by atoms with Gasteiger partial charge in [0.15, 0.2) is 0 Å². The van der Waals surface area contributed by atoms with E-state index < -0.39 is 22.2 Å². The maximum absolute atomic E-state index is 13.3. The summed E-state index contributed by atoms with van der Waals surface area (Å²) >= 11 is 1.16. The number of nitrogens with zero attached hydrogens (tertiary/aromatic N) is 2. The largest absolute Gasteiger partial charge is 0.488 e. The Labute approximate surface area is 216 Å². The van der Waals surface area contributed by atoms with Crippen LogP contribution in [-0.4, -0.2) is 73.4 Å². The van der Waals surface area contributed by atoms with Crippen molar-refractivity contribution in [1.29, 1.82) is 0 Å². The Hall–Kier alpha value is -2.47. The molecule has 1 aromatic carbocycles. The van der Waals surface area contributed by atoms with E-state index in [0.717, 1.165) is 24.2 Å². The van der Waals surface area contributed by atoms with E-state index in [0.29, 0.717) is 23.5 Å². The zero-order valence-corrected chi connectivity index (χ0v) is 22.3. The monoisotopic (exact) mass is 535 g/mol. The number of benzene rings is 1. The number of carbonyl (C=O) groups excluding carboxylic acids is 2. The highest BCUT2D eigenvalue weighted by atomic mass is 32.2. The molecular formula is C25H33N3O6S2. The molecule has 1 fully saturated rings. The molecule has 2 aromatic rings. The quantitative estimate of drug-likeness (QED) is 0.537. The first kappa shape index (κ1) is 26.6. The highest BCUT2D eigenvalue weighted by Crippen LogP contribution is 2.33. The third-order valence-corrected chi connectivity index (χ3v) is 9.93. The van der Waals surface area contributed by atoms with Gasteiger partial charge in [0.1, 0.15) is 16.1 Å². The van der Waals surface area contributed by atoms with Crippen LogP contribution in [0.4, 0.5) is 5.69 Å². The molecule has 3 atom stereocenters. The smallest absolute Gasteiger partial charge is 0.252 e. The lowest BCUT2D eigenvalue weighted by Crippen LogP contribution is -2.48. The van der Waals surface area contributed by atoms with E-state index >= 15 is 0 Å². The van der Waals surface area contributed by atoms with Gasteiger partial charge in [0.2, 0.25) is 11.8 Å². The molecule has 36 heavy (non-hydrogen) atoms. The summed E-state index contributed by atoms with van der Waals surface area (Å²) in [6.45, 7) is 3.88. The van der Waals surface area contributed by atoms with Crippen LogP contribution in [0.25, 0.3) is 0 Å². The molecule has 1 saturated carbocycles. The van der Waals surface area contributed by atoms with Gasteiger partial charge in [-0.2, -0.15) is 4.31 Å². The Bertz CT molecular complexity index is 1200. The summed E-state index contributed by atoms with van der Waals surface area (Å²) in [4.78, 5) is 27.2. The lowest BCUT2D eigenvalue weighted by atomic mass is 10.0. The van der Waals surface area contributed by atoms with Crippen molar-refractivity contribution in [2.45, 2.75) is 49.5 Å². The molecule has 1 aliphatic carbocycles. The highest BCUT2D eigenvalue weighted by molar-refractivity contribution is 7.91. The molecule has 2 aliphatic rings. The van der Waals surface area contributed by atoms with E-state index in [9.17, 15) is 23.1 Å². The molecule has 0 unspecified atom stereocenters. The van der Waals surface area contributed by atoms with Crippen LogP contribution in [0.1, 0.15) is 32.3 Å². The van der Waals surface area contributed by atoms with Crippen LogP contribution in [0, 0.1) is 11.8 Å². The number of carbonyl (C=O) groups is 2. The number of fused-ring (bicyclic) bond motifs is 1. The Morgan fingerprint density at radius 3 is 2.72 bits per heavy atom. The molecule has 2 heterocycles. The molecule has 2 N–H and O–H groups in total. The number of aliphatic hydroxyl groups is 1. The fraction of sp³-hybridized carbons (Fsp3) is 0.520. The Kier molecular flexibility index (Phi) is 8.03. The van der Waals surface area contributed by atoms with Gasteiger partial charge >= 0.3 is 0 Å². The van der Waals surface area contributed by atoms with Crippen molar-refractivity contribution >= 4 is 38.9 Å². The van der Waals surface area contributed by atoms with Gasteiger partial charge in [-0.1, -0.05) is 13.0 Å². The molecule has 11 heteroatoms. The number of sulfonamides is 1. The van der Waals surface area contributed by atoms with Gasteiger partial charge < -0.3 is 20.1 Å². The number of likely N-dealkylation sites (N-methyl/N-ethyl adjacent to an activating group) is 1. The van der Waals surface area contributed by atoms with Crippen molar-refractivity contribution in [3.63, 3.8) is 0 Å². The number of anilines is 1. The first-order chi connectivity index (χ1) is 17.1. The summed E-state index contributed by atoms with van der Waals surface area (Å²) in [6.07, 6.45) is 1.24. The minimum absolute atomic E-state index is 0.0345. The minimum atomic E-state index is -3.69. The fourth-order valence-corrected chi connectivity index (χ4v) is 6.61. The summed E-state index contributed by atoms with van der Waals surface area (Å²) in [5.41, 5.74) is 1.19. The van der Waals surface area contributed by atoms with E-state index in [2.05, 4.69) is 5.32 Å². The van der Waals surface area contributed by atoms with Crippen molar-refractivity contribution in [3.05, 3.63) is 41.3 Å². The van der Waals surface area contributed by atoms with Gasteiger partial charge in [-0.3, -0.25) is 9.59 Å². The number of hydrogen-bond acceptors (Lipinski definition) is 7. The van der Waals surface area contributed by atoms with Crippen molar-refractivity contribution in [1.82, 2.24) is 9.21 Å². The lowest BCUT2D eigenvalue weighted by molar-refractivity contribution is -0.134. The Morgan fingerprint density at radius 1 is 1.33 bits per heavy atom. The van der Waals surface area contributed by atoms with Crippen LogP contribution in [0.2, 0.25) is 0 Å². The summed E-state index contributed by atoms with van der Waals surface area (Å²) in [7, 11) is -2.17. The minimum Gasteiger partial charge on any atom is -0.488 e. The molecule has 1 aliphatic heterocycles. The molecule has 0 radical (unpaired) electrons. The predicted molar refractivity (Wildman–Crippen MR) is 137 cm³/mol. The van der Waals surface area contributed by atoms with Crippen LogP contribution >= 0.6 is 11.3 Å². The molecule has 4 rings (SSSR count). The first-order valence-electron chi connectivity index (χ1n) is 12.1. The zero-order valence-electron chi connectivity index (χ0n) is 20.7. The van der Waals surface area contributed by atoms with Crippen molar-refractivity contribution in [2.75, 3.05) is 32.1 Å². The van der Waals surface area contributed by atoms with Crippen LogP contribution in [0.5, 0.6) is 5.75 Å². The van der Waals surface area contributed by atoms with Crippen LogP contribution < -0.4 is 10.1 Å². The number of thiophene rings is 1. The molecule has 196 valence electrons. The molecular weight excluding hydrogens is 502 g/mol. The molecule has 1 aromatic heterocycles. The average Bonchev–Trinajstić information content (AvgIpc) is 3.54. The maximum atomic E-state index is 13.3. The number of amides is 2. The lowest BCUT2D eigenvalue weighted by Gasteiger charge is -2.33. The van der Waals surface area contributed by atoms with Gasteiger partial charge in [0.25, 0.3) is 10.0 Å². The van der Waals surface area contributed by atoms with Crippen molar-refractivity contribution in [3.8, 4) is 5.75 Å². The fourth-order valence-electron chi connectivity index (χ4n) is 4.23. The normalized spacial score (nSPS) is 21.7. The van der Waals surface area contributed by atoms with Gasteiger partial charge in [0, 0.05) is 36.7 Å². The number of rotatable bonds is 8. The molecule has 2 amide bonds. The predicted octanol–water partition coefficient (Wildman–Crippen LogP) is 2.57. The summed E-state index contributed by atoms with van der Waals surface area (Å²) in [6, 6.07) is 8.06. The molecule has 9 nitrogen and oxygen atoms in total. The Morgan fingerprint density at radius 2 is 2.08 bits per heavy atom. The van der Waals surface area contributed by atoms with E-state index in [1.807, 2.05) is 6.92 Å². The highest BCUT2D eigenvalue weighted by Gasteiger charge is 2.34. The van der Waals surface area contributed by atoms with E-state index in [4.69, 9.17) is 4.74 Å². The van der Waals surface area contributed by atoms with Crippen LogP contribution in [-0.2, 0) is 26.0 Å². The van der Waals surface area contributed by atoms with E-state index in [1.54, 1.807) is 47.5 Å². The second-order valence-corrected chi connectivity index (χ2v) is 12.9. The van der Waals surface area contributed by atoms with Crippen molar-refractivity contribution < 1.29 is 27.9 Å². The third kappa shape index (κ3) is 5.91. The first-order valence-corrected chi connectivity index (χ1v) is 14.4. The number of aliphatic hydroxyl groups excluding tert-OH is 1. The van der Waals surface area contributed by atoms with Crippen LogP contribution in [0.15, 0.2) is 39.9 Å².